The van der Waals surface area contributed by atoms with Crippen LogP contribution in [0, 0.1) is 0 Å². The van der Waals surface area contributed by atoms with Gasteiger partial charge < -0.3 is 14.8 Å². The Morgan fingerprint density at radius 3 is 2.52 bits per heavy atom. The molecule has 0 aliphatic carbocycles. The van der Waals surface area contributed by atoms with Crippen LogP contribution in [-0.4, -0.2) is 40.6 Å². The molecule has 0 fully saturated rings. The van der Waals surface area contributed by atoms with Crippen LogP contribution in [0.2, 0.25) is 0 Å². The summed E-state index contributed by atoms with van der Waals surface area (Å²) in [7, 11) is -2.21. The second-order valence-electron chi connectivity index (χ2n) is 6.96. The maximum Gasteiger partial charge on any atom is 0.338 e. The molecule has 10 heteroatoms. The van der Waals surface area contributed by atoms with Gasteiger partial charge in [-0.3, -0.25) is 4.79 Å². The number of sulfonamides is 1. The number of ether oxygens (including phenoxy) is 2. The van der Waals surface area contributed by atoms with Crippen molar-refractivity contribution in [1.82, 2.24) is 10.0 Å². The number of carbonyl (C=O) groups is 2. The number of amides is 1. The Hall–Kier alpha value is -3.21. The van der Waals surface area contributed by atoms with Gasteiger partial charge in [-0.2, -0.15) is 0 Å². The third kappa shape index (κ3) is 7.41. The predicted molar refractivity (Wildman–Crippen MR) is 125 cm³/mol. The van der Waals surface area contributed by atoms with Crippen molar-refractivity contribution in [2.24, 2.45) is 0 Å². The van der Waals surface area contributed by atoms with E-state index in [0.717, 1.165) is 16.2 Å². The minimum absolute atomic E-state index is 0.0417. The molecular weight excluding hydrogens is 464 g/mol. The lowest BCUT2D eigenvalue weighted by Gasteiger charge is -2.09. The molecule has 0 saturated carbocycles. The maximum atomic E-state index is 12.5. The molecular formula is C23H24N2O6S2. The second kappa shape index (κ2) is 11.6. The Kier molecular flexibility index (Phi) is 8.58. The molecule has 0 aliphatic rings. The quantitative estimate of drug-likeness (QED) is 0.402. The molecule has 0 unspecified atom stereocenters. The lowest BCUT2D eigenvalue weighted by atomic mass is 10.1. The molecule has 1 heterocycles. The summed E-state index contributed by atoms with van der Waals surface area (Å²) in [5.41, 5.74) is 1.07. The van der Waals surface area contributed by atoms with Gasteiger partial charge in [0, 0.05) is 18.0 Å². The standard InChI is InChI=1S/C23H24N2O6S2/c1-30-19-9-7-17(8-10-19)11-12-24-22(26)16-31-23(27)18-4-2-6-21(14-18)33(28,29)25-15-20-5-3-13-32-20/h2-10,13-14,25H,11-12,15-16H2,1H3,(H,24,26). The molecule has 0 saturated heterocycles. The lowest BCUT2D eigenvalue weighted by Crippen LogP contribution is -2.30. The monoisotopic (exact) mass is 488 g/mol. The lowest BCUT2D eigenvalue weighted by molar-refractivity contribution is -0.124. The fraction of sp³-hybridized carbons (Fsp3) is 0.217. The van der Waals surface area contributed by atoms with Gasteiger partial charge in [0.1, 0.15) is 5.75 Å². The zero-order chi connectivity index (χ0) is 23.7. The minimum Gasteiger partial charge on any atom is -0.497 e. The average Bonchev–Trinajstić information content (AvgIpc) is 3.36. The molecule has 2 N–H and O–H groups in total. The molecule has 2 aromatic carbocycles. The van der Waals surface area contributed by atoms with Gasteiger partial charge in [0.25, 0.3) is 5.91 Å². The molecule has 33 heavy (non-hydrogen) atoms. The average molecular weight is 489 g/mol. The topological polar surface area (TPSA) is 111 Å². The highest BCUT2D eigenvalue weighted by atomic mass is 32.2. The summed E-state index contributed by atoms with van der Waals surface area (Å²) in [6, 6.07) is 16.6. The van der Waals surface area contributed by atoms with Crippen LogP contribution in [0.15, 0.2) is 70.9 Å². The van der Waals surface area contributed by atoms with E-state index >= 15 is 0 Å². The zero-order valence-corrected chi connectivity index (χ0v) is 19.6. The predicted octanol–water partition coefficient (Wildman–Crippen LogP) is 2.75. The number of hydrogen-bond donors (Lipinski definition) is 2. The molecule has 1 amide bonds. The number of hydrogen-bond acceptors (Lipinski definition) is 7. The number of methoxy groups -OCH3 is 1. The summed E-state index contributed by atoms with van der Waals surface area (Å²) >= 11 is 1.44. The minimum atomic E-state index is -3.80. The largest absolute Gasteiger partial charge is 0.497 e. The Labute approximate surface area is 196 Å². The van der Waals surface area contributed by atoms with Gasteiger partial charge in [0.05, 0.1) is 17.6 Å². The summed E-state index contributed by atoms with van der Waals surface area (Å²) < 4.78 is 37.6. The van der Waals surface area contributed by atoms with Crippen LogP contribution in [-0.2, 0) is 32.5 Å². The van der Waals surface area contributed by atoms with Crippen molar-refractivity contribution in [3.05, 3.63) is 82.0 Å². The van der Waals surface area contributed by atoms with Crippen molar-refractivity contribution in [2.75, 3.05) is 20.3 Å². The Morgan fingerprint density at radius 2 is 1.82 bits per heavy atom. The summed E-state index contributed by atoms with van der Waals surface area (Å²) in [5, 5.41) is 4.54. The first-order valence-corrected chi connectivity index (χ1v) is 12.4. The normalized spacial score (nSPS) is 11.1. The molecule has 3 aromatic rings. The molecule has 1 aromatic heterocycles. The Bertz CT molecular complexity index is 1180. The SMILES string of the molecule is COc1ccc(CCNC(=O)COC(=O)c2cccc(S(=O)(=O)NCc3cccs3)c2)cc1. The van der Waals surface area contributed by atoms with Crippen molar-refractivity contribution >= 4 is 33.2 Å². The van der Waals surface area contributed by atoms with E-state index in [1.807, 2.05) is 41.8 Å². The molecule has 8 nitrogen and oxygen atoms in total. The molecule has 0 atom stereocenters. The fourth-order valence-corrected chi connectivity index (χ4v) is 4.64. The summed E-state index contributed by atoms with van der Waals surface area (Å²) in [4.78, 5) is 25.1. The highest BCUT2D eigenvalue weighted by molar-refractivity contribution is 7.89. The molecule has 3 rings (SSSR count). The highest BCUT2D eigenvalue weighted by Gasteiger charge is 2.17. The first kappa shape index (κ1) is 24.4. The van der Waals surface area contributed by atoms with Crippen molar-refractivity contribution in [2.45, 2.75) is 17.9 Å². The zero-order valence-electron chi connectivity index (χ0n) is 17.9. The number of esters is 1. The van der Waals surface area contributed by atoms with Crippen molar-refractivity contribution in [3.63, 3.8) is 0 Å². The number of nitrogens with one attached hydrogen (secondary N) is 2. The highest BCUT2D eigenvalue weighted by Crippen LogP contribution is 2.15. The Morgan fingerprint density at radius 1 is 1.03 bits per heavy atom. The summed E-state index contributed by atoms with van der Waals surface area (Å²) in [6.45, 7) is 0.0762. The fourth-order valence-electron chi connectivity index (χ4n) is 2.86. The van der Waals surface area contributed by atoms with Crippen LogP contribution in [0.3, 0.4) is 0 Å². The van der Waals surface area contributed by atoms with Gasteiger partial charge in [-0.25, -0.2) is 17.9 Å². The number of thiophene rings is 1. The van der Waals surface area contributed by atoms with Gasteiger partial charge in [-0.15, -0.1) is 11.3 Å². The van der Waals surface area contributed by atoms with E-state index in [4.69, 9.17) is 9.47 Å². The molecule has 0 bridgehead atoms. The van der Waals surface area contributed by atoms with Gasteiger partial charge in [0.15, 0.2) is 6.61 Å². The summed E-state index contributed by atoms with van der Waals surface area (Å²) in [5.74, 6) is -0.473. The van der Waals surface area contributed by atoms with Gasteiger partial charge in [-0.1, -0.05) is 24.3 Å². The molecule has 0 radical (unpaired) electrons. The van der Waals surface area contributed by atoms with Crippen LogP contribution < -0.4 is 14.8 Å². The van der Waals surface area contributed by atoms with Gasteiger partial charge >= 0.3 is 5.97 Å². The van der Waals surface area contributed by atoms with Crippen molar-refractivity contribution < 1.29 is 27.5 Å². The van der Waals surface area contributed by atoms with E-state index in [2.05, 4.69) is 10.0 Å². The van der Waals surface area contributed by atoms with Crippen LogP contribution in [0.5, 0.6) is 5.75 Å². The van der Waals surface area contributed by atoms with Crippen molar-refractivity contribution in [1.29, 1.82) is 0 Å². The first-order valence-electron chi connectivity index (χ1n) is 10.1. The van der Waals surface area contributed by atoms with E-state index in [9.17, 15) is 18.0 Å². The van der Waals surface area contributed by atoms with Crippen LogP contribution in [0.1, 0.15) is 20.8 Å². The smallest absolute Gasteiger partial charge is 0.338 e. The van der Waals surface area contributed by atoms with Gasteiger partial charge in [0.2, 0.25) is 10.0 Å². The Balaban J connectivity index is 1.47. The molecule has 0 aliphatic heterocycles. The number of rotatable bonds is 11. The maximum absolute atomic E-state index is 12.5. The van der Waals surface area contributed by atoms with E-state index in [0.29, 0.717) is 13.0 Å². The van der Waals surface area contributed by atoms with E-state index in [-0.39, 0.29) is 17.0 Å². The van der Waals surface area contributed by atoms with E-state index < -0.39 is 28.5 Å². The number of carbonyl (C=O) groups excluding carboxylic acids is 2. The first-order chi connectivity index (χ1) is 15.9. The molecule has 174 valence electrons. The third-order valence-electron chi connectivity index (χ3n) is 4.63. The number of benzene rings is 2. The van der Waals surface area contributed by atoms with E-state index in [1.165, 1.54) is 35.6 Å². The summed E-state index contributed by atoms with van der Waals surface area (Å²) in [6.07, 6.45) is 0.613. The van der Waals surface area contributed by atoms with Crippen LogP contribution in [0.25, 0.3) is 0 Å². The van der Waals surface area contributed by atoms with Crippen LogP contribution >= 0.6 is 11.3 Å². The second-order valence-corrected chi connectivity index (χ2v) is 9.76. The van der Waals surface area contributed by atoms with Crippen molar-refractivity contribution in [3.8, 4) is 5.75 Å². The van der Waals surface area contributed by atoms with E-state index in [1.54, 1.807) is 7.11 Å². The molecule has 0 spiro atoms. The van der Waals surface area contributed by atoms with Crippen LogP contribution in [0.4, 0.5) is 0 Å². The third-order valence-corrected chi connectivity index (χ3v) is 6.90. The van der Waals surface area contributed by atoms with Gasteiger partial charge in [-0.05, 0) is 53.8 Å².